The molecule has 0 spiro atoms. The molecule has 7 heavy (non-hydrogen) atoms. The molecule has 0 fully saturated rings. The molecular weight excluding hydrogens is 358 g/mol. The molecule has 4 nitrogen and oxygen atoms in total. The summed E-state index contributed by atoms with van der Waals surface area (Å²) in [5, 5.41) is 0. The van der Waals surface area contributed by atoms with Crippen molar-refractivity contribution in [1.82, 2.24) is 0 Å². The maximum atomic E-state index is 9.33. The van der Waals surface area contributed by atoms with E-state index in [4.69, 9.17) is 4.55 Å². The molecule has 48 valence electrons. The van der Waals surface area contributed by atoms with Gasteiger partial charge in [-0.2, -0.15) is 0 Å². The third-order valence-corrected chi connectivity index (χ3v) is 2.16. The summed E-state index contributed by atoms with van der Waals surface area (Å²) in [7, 11) is 0. The fourth-order valence-corrected chi connectivity index (χ4v) is 0. The van der Waals surface area contributed by atoms with Gasteiger partial charge in [0.15, 0.2) is 0 Å². The van der Waals surface area contributed by atoms with Crippen LogP contribution in [-0.2, 0) is 35.3 Å². The van der Waals surface area contributed by atoms with Crippen LogP contribution in [0.25, 0.3) is 0 Å². The fourth-order valence-electron chi connectivity index (χ4n) is 0. The molecule has 0 aliphatic rings. The normalized spacial score (nSPS) is 8.71. The molecule has 0 aromatic carbocycles. The Kier molecular flexibility index (Phi) is 8.86. The van der Waals surface area contributed by atoms with E-state index >= 15 is 0 Å². The van der Waals surface area contributed by atoms with E-state index in [9.17, 15) is 10.5 Å². The monoisotopic (exact) mass is 360 g/mol. The Balaban J connectivity index is 0. The minimum absolute atomic E-state index is 0. The summed E-state index contributed by atoms with van der Waals surface area (Å²) in [5.74, 6) is 0. The summed E-state index contributed by atoms with van der Waals surface area (Å²) in [5.41, 5.74) is -4.03. The molecule has 0 aliphatic heterocycles. The summed E-state index contributed by atoms with van der Waals surface area (Å²) in [6.45, 7) is 0. The standard InChI is InChI=1S/HO3S.O.Y.Yb/c1-4(2)3;;;/h(H,1,2,3);;;. The smallest absolute Gasteiger partial charge is 0 e. The molecule has 0 heterocycles. The van der Waals surface area contributed by atoms with Crippen molar-refractivity contribution in [2.24, 2.45) is 0 Å². The Morgan fingerprint density at radius 2 is 1.57 bits per heavy atom. The van der Waals surface area contributed by atoms with Gasteiger partial charge in [-0.1, -0.05) is 0 Å². The van der Waals surface area contributed by atoms with E-state index in [2.05, 4.69) is 0 Å². The van der Waals surface area contributed by atoms with Gasteiger partial charge in [-0.05, 0) is 0 Å². The summed E-state index contributed by atoms with van der Waals surface area (Å²) in [6.07, 6.45) is 0. The number of rotatable bonds is 1. The zero-order valence-corrected chi connectivity index (χ0v) is 8.29. The molecule has 0 aromatic heterocycles. The second-order valence-electron chi connectivity index (χ2n) is 0.611. The summed E-state index contributed by atoms with van der Waals surface area (Å²) >= 11 is -2.84. The van der Waals surface area contributed by atoms with Crippen LogP contribution in [0.1, 0.15) is 0 Å². The van der Waals surface area contributed by atoms with Crippen molar-refractivity contribution < 1.29 is 89.5 Å². The van der Waals surface area contributed by atoms with E-state index in [1.807, 2.05) is 0 Å². The SMILES string of the molecule is [O]=[Y][S](=O)(=O)O.[Yb]. The first-order valence-electron chi connectivity index (χ1n) is 0.987. The number of hydrogen-bond donors (Lipinski definition) is 1. The summed E-state index contributed by atoms with van der Waals surface area (Å²) in [4.78, 5) is 0. The third kappa shape index (κ3) is 11.8. The van der Waals surface area contributed by atoms with E-state index in [-0.39, 0.29) is 46.9 Å². The largest absolute Gasteiger partial charge is 0 e. The molecule has 0 aromatic rings. The van der Waals surface area contributed by atoms with Gasteiger partial charge >= 0.3 is 48.2 Å². The molecule has 0 atom stereocenters. The Morgan fingerprint density at radius 3 is 1.57 bits per heavy atom. The molecule has 7 heteroatoms. The second kappa shape index (κ2) is 5.14. The van der Waals surface area contributed by atoms with Crippen LogP contribution in [0.3, 0.4) is 0 Å². The predicted molar refractivity (Wildman–Crippen MR) is 12.2 cm³/mol. The first-order valence-corrected chi connectivity index (χ1v) is 7.13. The molecule has 0 radical (unpaired) electrons. The average Bonchev–Trinajstić information content (AvgIpc) is 1.35. The van der Waals surface area contributed by atoms with E-state index < -0.39 is 33.2 Å². The Bertz CT molecular complexity index is 122. The van der Waals surface area contributed by atoms with Crippen molar-refractivity contribution in [3.05, 3.63) is 0 Å². The van der Waals surface area contributed by atoms with Crippen molar-refractivity contribution in [1.29, 1.82) is 0 Å². The molecule has 0 bridgehead atoms. The quantitative estimate of drug-likeness (QED) is 0.624. The van der Waals surface area contributed by atoms with Crippen molar-refractivity contribution in [3.8, 4) is 0 Å². The number of hydrogen-bond acceptors (Lipinski definition) is 3. The third-order valence-electron chi connectivity index (χ3n) is 0.122. The first kappa shape index (κ1) is 12.1. The average molecular weight is 359 g/mol. The van der Waals surface area contributed by atoms with Gasteiger partial charge in [-0.3, -0.25) is 0 Å². The molecule has 0 saturated heterocycles. The van der Waals surface area contributed by atoms with Crippen LogP contribution in [0.15, 0.2) is 0 Å². The minimum Gasteiger partial charge on any atom is 0 e. The Hall–Kier alpha value is 2.33. The maximum Gasteiger partial charge on any atom is 0 e. The van der Waals surface area contributed by atoms with Crippen LogP contribution in [0.4, 0.5) is 0 Å². The minimum atomic E-state index is -4.03. The van der Waals surface area contributed by atoms with Gasteiger partial charge in [0.05, 0.1) is 0 Å². The van der Waals surface area contributed by atoms with Crippen LogP contribution in [0.2, 0.25) is 0 Å². The van der Waals surface area contributed by atoms with Gasteiger partial charge in [-0.15, -0.1) is 0 Å². The molecular formula is HO4SYYb. The first-order chi connectivity index (χ1) is 2.56. The van der Waals surface area contributed by atoms with E-state index in [1.165, 1.54) is 0 Å². The summed E-state index contributed by atoms with van der Waals surface area (Å²) in [6, 6.07) is 0. The van der Waals surface area contributed by atoms with Gasteiger partial charge in [0.1, 0.15) is 0 Å². The Morgan fingerprint density at radius 1 is 1.43 bits per heavy atom. The van der Waals surface area contributed by atoms with Crippen LogP contribution in [0.5, 0.6) is 0 Å². The molecule has 0 aliphatic carbocycles. The van der Waals surface area contributed by atoms with Gasteiger partial charge in [0.25, 0.3) is 0 Å². The van der Waals surface area contributed by atoms with Gasteiger partial charge in [-0.25, -0.2) is 0 Å². The van der Waals surface area contributed by atoms with Crippen LogP contribution >= 0.6 is 0 Å². The molecule has 0 amide bonds. The van der Waals surface area contributed by atoms with Gasteiger partial charge < -0.3 is 0 Å². The van der Waals surface area contributed by atoms with Crippen molar-refractivity contribution in [3.63, 3.8) is 0 Å². The van der Waals surface area contributed by atoms with Crippen LogP contribution in [0, 0.1) is 46.9 Å². The van der Waals surface area contributed by atoms with Crippen LogP contribution in [-0.4, -0.2) is 13.0 Å². The van der Waals surface area contributed by atoms with E-state index in [0.717, 1.165) is 0 Å². The van der Waals surface area contributed by atoms with Crippen molar-refractivity contribution in [2.45, 2.75) is 0 Å². The molecule has 1 N–H and O–H groups in total. The predicted octanol–water partition coefficient (Wildman–Crippen LogP) is -0.783. The van der Waals surface area contributed by atoms with E-state index in [1.54, 1.807) is 0 Å². The zero-order valence-electron chi connectivity index (χ0n) is 2.92. The molecule has 0 unspecified atom stereocenters. The van der Waals surface area contributed by atoms with Crippen molar-refractivity contribution in [2.75, 3.05) is 0 Å². The molecule has 0 saturated carbocycles. The second-order valence-corrected chi connectivity index (χ2v) is 7.65. The topological polar surface area (TPSA) is 71.4 Å². The van der Waals surface area contributed by atoms with E-state index in [0.29, 0.717) is 0 Å². The molecule has 0 rings (SSSR count). The van der Waals surface area contributed by atoms with Crippen molar-refractivity contribution >= 4 is 5.63 Å². The summed E-state index contributed by atoms with van der Waals surface area (Å²) < 4.78 is 35.5. The van der Waals surface area contributed by atoms with Gasteiger partial charge in [0.2, 0.25) is 0 Å². The van der Waals surface area contributed by atoms with Crippen LogP contribution < -0.4 is 0 Å². The van der Waals surface area contributed by atoms with Gasteiger partial charge in [0, 0.05) is 46.9 Å². The Labute approximate surface area is 92.7 Å². The fraction of sp³-hybridized carbons (Fsp3) is 0. The zero-order chi connectivity index (χ0) is 5.21. The maximum absolute atomic E-state index is 9.33.